The number of amides is 2. The number of pyridine rings is 1. The van der Waals surface area contributed by atoms with Crippen LogP contribution in [0.15, 0.2) is 34.6 Å². The Morgan fingerprint density at radius 2 is 2.19 bits per heavy atom. The zero-order valence-electron chi connectivity index (χ0n) is 14.6. The van der Waals surface area contributed by atoms with Crippen molar-refractivity contribution in [3.05, 3.63) is 56.1 Å². The maximum atomic E-state index is 12.6. The van der Waals surface area contributed by atoms with Crippen molar-refractivity contribution in [1.29, 1.82) is 0 Å². The molecule has 26 heavy (non-hydrogen) atoms. The van der Waals surface area contributed by atoms with Gasteiger partial charge in [-0.3, -0.25) is 24.1 Å². The Kier molecular flexibility index (Phi) is 5.38. The number of aromatic nitrogens is 1. The van der Waals surface area contributed by atoms with E-state index in [1.165, 1.54) is 23.6 Å². The molecule has 3 rings (SSSR count). The third-order valence-corrected chi connectivity index (χ3v) is 4.97. The van der Waals surface area contributed by atoms with Gasteiger partial charge in [0.15, 0.2) is 5.43 Å². The molecule has 1 aliphatic heterocycles. The summed E-state index contributed by atoms with van der Waals surface area (Å²) in [7, 11) is 3.35. The van der Waals surface area contributed by atoms with Crippen LogP contribution >= 0.6 is 11.3 Å². The minimum absolute atomic E-state index is 0.00953. The average Bonchev–Trinajstić information content (AvgIpc) is 3.14. The van der Waals surface area contributed by atoms with E-state index in [9.17, 15) is 14.4 Å². The van der Waals surface area contributed by atoms with Gasteiger partial charge < -0.3 is 15.0 Å². The van der Waals surface area contributed by atoms with Gasteiger partial charge in [0.25, 0.3) is 11.8 Å². The van der Waals surface area contributed by atoms with Crippen molar-refractivity contribution in [2.45, 2.75) is 6.54 Å². The number of hydrogen-bond donors (Lipinski definition) is 1. The van der Waals surface area contributed by atoms with Crippen molar-refractivity contribution in [3.8, 4) is 0 Å². The fourth-order valence-corrected chi connectivity index (χ4v) is 3.37. The van der Waals surface area contributed by atoms with E-state index in [2.05, 4.69) is 5.32 Å². The molecule has 2 amide bonds. The van der Waals surface area contributed by atoms with Crippen LogP contribution in [0.1, 0.15) is 25.7 Å². The number of hydrogen-bond acceptors (Lipinski definition) is 6. The van der Waals surface area contributed by atoms with E-state index in [0.717, 1.165) is 4.88 Å². The summed E-state index contributed by atoms with van der Waals surface area (Å²) in [5, 5.41) is 6.43. The van der Waals surface area contributed by atoms with Gasteiger partial charge in [0.05, 0.1) is 13.2 Å². The molecule has 8 nitrogen and oxygen atoms in total. The summed E-state index contributed by atoms with van der Waals surface area (Å²) < 4.78 is 6.56. The quantitative estimate of drug-likeness (QED) is 0.792. The van der Waals surface area contributed by atoms with Crippen LogP contribution in [-0.4, -0.2) is 55.4 Å². The summed E-state index contributed by atoms with van der Waals surface area (Å²) >= 11 is 1.53. The molecule has 0 atom stereocenters. The van der Waals surface area contributed by atoms with Crippen LogP contribution in [0.5, 0.6) is 0 Å². The zero-order valence-corrected chi connectivity index (χ0v) is 15.4. The van der Waals surface area contributed by atoms with Crippen molar-refractivity contribution in [2.24, 2.45) is 0 Å². The van der Waals surface area contributed by atoms with Gasteiger partial charge in [-0.05, 0) is 11.4 Å². The fraction of sp³-hybridized carbons (Fsp3) is 0.353. The van der Waals surface area contributed by atoms with E-state index in [1.807, 2.05) is 17.5 Å². The predicted octanol–water partition coefficient (Wildman–Crippen LogP) is 0.467. The van der Waals surface area contributed by atoms with Crippen molar-refractivity contribution < 1.29 is 14.3 Å². The molecule has 2 aromatic rings. The number of thiophene rings is 1. The number of nitrogens with one attached hydrogen (secondary N) is 1. The van der Waals surface area contributed by atoms with E-state index < -0.39 is 11.3 Å². The van der Waals surface area contributed by atoms with E-state index in [4.69, 9.17) is 4.74 Å². The molecule has 0 spiro atoms. The third-order valence-electron chi connectivity index (χ3n) is 4.09. The monoisotopic (exact) mass is 376 g/mol. The van der Waals surface area contributed by atoms with Crippen molar-refractivity contribution in [2.75, 3.05) is 39.0 Å². The molecule has 1 aliphatic rings. The molecule has 0 radical (unpaired) electrons. The van der Waals surface area contributed by atoms with Crippen LogP contribution in [0, 0.1) is 0 Å². The summed E-state index contributed by atoms with van der Waals surface area (Å²) in [6, 6.07) is 5.03. The maximum absolute atomic E-state index is 12.6. The summed E-state index contributed by atoms with van der Waals surface area (Å²) in [5.74, 6) is -0.718. The molecule has 0 aliphatic carbocycles. The summed E-state index contributed by atoms with van der Waals surface area (Å²) in [6.07, 6.45) is 1.42. The Bertz CT molecular complexity index is 862. The molecule has 0 aromatic carbocycles. The number of methoxy groups -OCH3 is 1. The van der Waals surface area contributed by atoms with Crippen LogP contribution < -0.4 is 15.8 Å². The van der Waals surface area contributed by atoms with Crippen LogP contribution in [0.2, 0.25) is 0 Å². The first-order valence-electron chi connectivity index (χ1n) is 8.08. The molecule has 9 heteroatoms. The lowest BCUT2D eigenvalue weighted by Crippen LogP contribution is -2.53. The van der Waals surface area contributed by atoms with Crippen molar-refractivity contribution >= 4 is 23.2 Å². The first-order valence-corrected chi connectivity index (χ1v) is 8.96. The highest BCUT2D eigenvalue weighted by Crippen LogP contribution is 2.12. The van der Waals surface area contributed by atoms with Gasteiger partial charge in [0.1, 0.15) is 17.9 Å². The fourth-order valence-electron chi connectivity index (χ4n) is 2.73. The van der Waals surface area contributed by atoms with Crippen molar-refractivity contribution in [3.63, 3.8) is 0 Å². The highest BCUT2D eigenvalue weighted by molar-refractivity contribution is 7.09. The molecule has 3 heterocycles. The minimum Gasteiger partial charge on any atom is -0.383 e. The van der Waals surface area contributed by atoms with Gasteiger partial charge in [-0.15, -0.1) is 11.3 Å². The Hall–Kier alpha value is -2.65. The van der Waals surface area contributed by atoms with Gasteiger partial charge in [0, 0.05) is 37.8 Å². The van der Waals surface area contributed by atoms with Gasteiger partial charge >= 0.3 is 0 Å². The first-order chi connectivity index (χ1) is 12.5. The normalized spacial score (nSPS) is 13.7. The first kappa shape index (κ1) is 18.2. The Morgan fingerprint density at radius 1 is 1.38 bits per heavy atom. The largest absolute Gasteiger partial charge is 0.383 e. The molecule has 0 bridgehead atoms. The lowest BCUT2D eigenvalue weighted by atomic mass is 10.2. The molecule has 1 N–H and O–H groups in total. The standard InChI is InChI=1S/C17H20N4O4S/c1-19-11-20(5-6-25-2)17(24)14-8-15(22)13(10-21(14)19)16(23)18-9-12-4-3-7-26-12/h3-4,7-8,10H,5-6,9,11H2,1-2H3,(H,18,23). The van der Waals surface area contributed by atoms with Crippen LogP contribution in [0.25, 0.3) is 0 Å². The molecular weight excluding hydrogens is 356 g/mol. The van der Waals surface area contributed by atoms with Gasteiger partial charge in [-0.2, -0.15) is 0 Å². The topological polar surface area (TPSA) is 83.9 Å². The van der Waals surface area contributed by atoms with Crippen LogP contribution in [-0.2, 0) is 11.3 Å². The number of carbonyl (C=O) groups excluding carboxylic acids is 2. The van der Waals surface area contributed by atoms with Gasteiger partial charge in [-0.25, -0.2) is 0 Å². The molecule has 0 fully saturated rings. The predicted molar refractivity (Wildman–Crippen MR) is 98.1 cm³/mol. The molecule has 0 saturated heterocycles. The van der Waals surface area contributed by atoms with E-state index in [-0.39, 0.29) is 17.2 Å². The van der Waals surface area contributed by atoms with Crippen molar-refractivity contribution in [1.82, 2.24) is 14.9 Å². The SMILES string of the molecule is COCCN1CN(C)n2cc(C(=O)NCc3cccs3)c(=O)cc2C1=O. The highest BCUT2D eigenvalue weighted by Gasteiger charge is 2.28. The number of fused-ring (bicyclic) bond motifs is 1. The molecule has 0 saturated carbocycles. The lowest BCUT2D eigenvalue weighted by molar-refractivity contribution is 0.0634. The molecule has 138 valence electrons. The third kappa shape index (κ3) is 3.63. The van der Waals surface area contributed by atoms with E-state index >= 15 is 0 Å². The molecule has 2 aromatic heterocycles. The van der Waals surface area contributed by atoms with Crippen LogP contribution in [0.4, 0.5) is 0 Å². The van der Waals surface area contributed by atoms with Crippen LogP contribution in [0.3, 0.4) is 0 Å². The number of carbonyl (C=O) groups is 2. The van der Waals surface area contributed by atoms with E-state index in [1.54, 1.807) is 28.7 Å². The molecule has 0 unspecified atom stereocenters. The lowest BCUT2D eigenvalue weighted by Gasteiger charge is -2.37. The van der Waals surface area contributed by atoms with Gasteiger partial charge in [0.2, 0.25) is 0 Å². The highest BCUT2D eigenvalue weighted by atomic mass is 32.1. The number of ether oxygens (including phenoxy) is 1. The summed E-state index contributed by atoms with van der Waals surface area (Å²) in [5.41, 5.74) is -0.236. The summed E-state index contributed by atoms with van der Waals surface area (Å²) in [6.45, 7) is 1.54. The summed E-state index contributed by atoms with van der Waals surface area (Å²) in [4.78, 5) is 39.9. The smallest absolute Gasteiger partial charge is 0.274 e. The minimum atomic E-state index is -0.477. The van der Waals surface area contributed by atoms with Gasteiger partial charge in [-0.1, -0.05) is 6.07 Å². The zero-order chi connectivity index (χ0) is 18.7. The Morgan fingerprint density at radius 3 is 2.88 bits per heavy atom. The second kappa shape index (κ2) is 7.71. The second-order valence-corrected chi connectivity index (χ2v) is 6.94. The number of nitrogens with zero attached hydrogens (tertiary/aromatic N) is 3. The Balaban J connectivity index is 1.83. The number of rotatable bonds is 6. The molecular formula is C17H20N4O4S. The maximum Gasteiger partial charge on any atom is 0.274 e. The Labute approximate surface area is 154 Å². The average molecular weight is 376 g/mol. The second-order valence-electron chi connectivity index (χ2n) is 5.90. The van der Waals surface area contributed by atoms with E-state index in [0.29, 0.717) is 26.4 Å².